The number of aryl methyl sites for hydroxylation is 1. The molecule has 2 rings (SSSR count). The fourth-order valence-corrected chi connectivity index (χ4v) is 1.98. The van der Waals surface area contributed by atoms with E-state index < -0.39 is 0 Å². The van der Waals surface area contributed by atoms with Crippen molar-refractivity contribution in [2.45, 2.75) is 44.9 Å². The molecule has 0 amide bonds. The Labute approximate surface area is 89.5 Å². The van der Waals surface area contributed by atoms with Crippen molar-refractivity contribution in [2.24, 2.45) is 0 Å². The summed E-state index contributed by atoms with van der Waals surface area (Å²) in [4.78, 5) is 0. The number of rotatable bonds is 4. The van der Waals surface area contributed by atoms with Gasteiger partial charge in [-0.2, -0.15) is 0 Å². The Morgan fingerprint density at radius 1 is 1.53 bits per heavy atom. The Morgan fingerprint density at radius 3 is 3.13 bits per heavy atom. The highest BCUT2D eigenvalue weighted by Gasteiger charge is 2.12. The zero-order chi connectivity index (χ0) is 10.5. The summed E-state index contributed by atoms with van der Waals surface area (Å²) >= 11 is 0. The fourth-order valence-electron chi connectivity index (χ4n) is 1.98. The largest absolute Gasteiger partial charge is 0.390 e. The Balaban J connectivity index is 1.76. The SMILES string of the molecule is OCc1cn(CCC2CCCCN2)nn1. The van der Waals surface area contributed by atoms with Gasteiger partial charge >= 0.3 is 0 Å². The summed E-state index contributed by atoms with van der Waals surface area (Å²) in [5.41, 5.74) is 0.645. The van der Waals surface area contributed by atoms with Crippen LogP contribution in [0.3, 0.4) is 0 Å². The monoisotopic (exact) mass is 210 g/mol. The second kappa shape index (κ2) is 5.23. The summed E-state index contributed by atoms with van der Waals surface area (Å²) in [7, 11) is 0. The molecule has 0 bridgehead atoms. The minimum absolute atomic E-state index is 0.0261. The molecule has 1 fully saturated rings. The molecule has 1 aliphatic rings. The van der Waals surface area contributed by atoms with Gasteiger partial charge in [0.25, 0.3) is 0 Å². The molecule has 1 aliphatic heterocycles. The van der Waals surface area contributed by atoms with E-state index in [-0.39, 0.29) is 6.61 Å². The highest BCUT2D eigenvalue weighted by atomic mass is 16.3. The van der Waals surface area contributed by atoms with Gasteiger partial charge in [-0.3, -0.25) is 4.68 Å². The van der Waals surface area contributed by atoms with Gasteiger partial charge in [0.1, 0.15) is 5.69 Å². The van der Waals surface area contributed by atoms with Crippen LogP contribution in [0.4, 0.5) is 0 Å². The first-order valence-electron chi connectivity index (χ1n) is 5.62. The quantitative estimate of drug-likeness (QED) is 0.750. The highest BCUT2D eigenvalue weighted by molar-refractivity contribution is 4.89. The average molecular weight is 210 g/mol. The van der Waals surface area contributed by atoms with Gasteiger partial charge in [-0.1, -0.05) is 11.6 Å². The molecule has 2 N–H and O–H groups in total. The third-order valence-electron chi connectivity index (χ3n) is 2.87. The van der Waals surface area contributed by atoms with Crippen molar-refractivity contribution in [3.63, 3.8) is 0 Å². The maximum Gasteiger partial charge on any atom is 0.108 e. The molecule has 0 spiro atoms. The maximum absolute atomic E-state index is 8.84. The number of aliphatic hydroxyl groups excluding tert-OH is 1. The molecule has 2 heterocycles. The van der Waals surface area contributed by atoms with Gasteiger partial charge in [-0.05, 0) is 25.8 Å². The number of nitrogens with zero attached hydrogens (tertiary/aromatic N) is 3. The van der Waals surface area contributed by atoms with Gasteiger partial charge < -0.3 is 10.4 Å². The second-order valence-corrected chi connectivity index (χ2v) is 4.07. The minimum atomic E-state index is -0.0261. The van der Waals surface area contributed by atoms with Crippen molar-refractivity contribution < 1.29 is 5.11 Å². The predicted molar refractivity (Wildman–Crippen MR) is 56.2 cm³/mol. The number of piperidine rings is 1. The molecule has 0 aliphatic carbocycles. The first-order chi connectivity index (χ1) is 7.38. The van der Waals surface area contributed by atoms with Gasteiger partial charge in [-0.25, -0.2) is 0 Å². The maximum atomic E-state index is 8.84. The number of aromatic nitrogens is 3. The van der Waals surface area contributed by atoms with Crippen LogP contribution >= 0.6 is 0 Å². The van der Waals surface area contributed by atoms with Gasteiger partial charge in [0.05, 0.1) is 12.8 Å². The summed E-state index contributed by atoms with van der Waals surface area (Å²) in [6, 6.07) is 0.625. The van der Waals surface area contributed by atoms with Crippen LogP contribution < -0.4 is 5.32 Å². The van der Waals surface area contributed by atoms with Gasteiger partial charge in [0, 0.05) is 12.6 Å². The van der Waals surface area contributed by atoms with Crippen LogP contribution in [0.25, 0.3) is 0 Å². The van der Waals surface area contributed by atoms with E-state index in [0.717, 1.165) is 19.5 Å². The smallest absolute Gasteiger partial charge is 0.108 e. The average Bonchev–Trinajstić information content (AvgIpc) is 2.76. The van der Waals surface area contributed by atoms with Crippen molar-refractivity contribution >= 4 is 0 Å². The van der Waals surface area contributed by atoms with E-state index in [1.807, 2.05) is 10.9 Å². The third-order valence-corrected chi connectivity index (χ3v) is 2.87. The van der Waals surface area contributed by atoms with Crippen LogP contribution in [0.1, 0.15) is 31.4 Å². The Hall–Kier alpha value is -0.940. The van der Waals surface area contributed by atoms with Crippen LogP contribution in [0.2, 0.25) is 0 Å². The summed E-state index contributed by atoms with van der Waals surface area (Å²) in [6.45, 7) is 2.00. The number of aliphatic hydroxyl groups is 1. The topological polar surface area (TPSA) is 63.0 Å². The molecule has 1 atom stereocenters. The van der Waals surface area contributed by atoms with E-state index in [2.05, 4.69) is 15.6 Å². The Kier molecular flexibility index (Phi) is 3.69. The molecule has 0 aromatic carbocycles. The lowest BCUT2D eigenvalue weighted by Gasteiger charge is -2.23. The molecule has 0 radical (unpaired) electrons. The molecule has 15 heavy (non-hydrogen) atoms. The van der Waals surface area contributed by atoms with E-state index >= 15 is 0 Å². The van der Waals surface area contributed by atoms with E-state index in [0.29, 0.717) is 11.7 Å². The molecular weight excluding hydrogens is 192 g/mol. The molecule has 1 saturated heterocycles. The van der Waals surface area contributed by atoms with Crippen LogP contribution in [0.15, 0.2) is 6.20 Å². The minimum Gasteiger partial charge on any atom is -0.390 e. The van der Waals surface area contributed by atoms with Gasteiger partial charge in [-0.15, -0.1) is 5.10 Å². The van der Waals surface area contributed by atoms with Crippen molar-refractivity contribution in [1.82, 2.24) is 20.3 Å². The summed E-state index contributed by atoms with van der Waals surface area (Å²) in [6.07, 6.45) is 6.80. The lowest BCUT2D eigenvalue weighted by atomic mass is 10.0. The molecule has 5 heteroatoms. The predicted octanol–water partition coefficient (Wildman–Crippen LogP) is 0.303. The highest BCUT2D eigenvalue weighted by Crippen LogP contribution is 2.10. The molecule has 1 unspecified atom stereocenters. The summed E-state index contributed by atoms with van der Waals surface area (Å²) in [5, 5.41) is 20.1. The Morgan fingerprint density at radius 2 is 2.47 bits per heavy atom. The van der Waals surface area contributed by atoms with Crippen molar-refractivity contribution in [3.8, 4) is 0 Å². The van der Waals surface area contributed by atoms with Crippen LogP contribution in [0, 0.1) is 0 Å². The fraction of sp³-hybridized carbons (Fsp3) is 0.800. The van der Waals surface area contributed by atoms with E-state index in [4.69, 9.17) is 5.11 Å². The third kappa shape index (κ3) is 3.00. The molecule has 84 valence electrons. The van der Waals surface area contributed by atoms with Crippen LogP contribution in [-0.2, 0) is 13.2 Å². The van der Waals surface area contributed by atoms with E-state index in [9.17, 15) is 0 Å². The zero-order valence-corrected chi connectivity index (χ0v) is 8.89. The first kappa shape index (κ1) is 10.6. The first-order valence-corrected chi connectivity index (χ1v) is 5.62. The molecule has 0 saturated carbocycles. The van der Waals surface area contributed by atoms with Gasteiger partial charge in [0.15, 0.2) is 0 Å². The van der Waals surface area contributed by atoms with Crippen molar-refractivity contribution in [1.29, 1.82) is 0 Å². The normalized spacial score (nSPS) is 21.8. The lowest BCUT2D eigenvalue weighted by molar-refractivity contribution is 0.276. The van der Waals surface area contributed by atoms with E-state index in [1.165, 1.54) is 19.3 Å². The number of hydrogen-bond acceptors (Lipinski definition) is 4. The second-order valence-electron chi connectivity index (χ2n) is 4.07. The van der Waals surface area contributed by atoms with E-state index in [1.54, 1.807) is 0 Å². The molecule has 1 aromatic heterocycles. The molecule has 5 nitrogen and oxygen atoms in total. The Bertz CT molecular complexity index is 293. The summed E-state index contributed by atoms with van der Waals surface area (Å²) in [5.74, 6) is 0. The number of hydrogen-bond donors (Lipinski definition) is 2. The zero-order valence-electron chi connectivity index (χ0n) is 8.89. The molecule has 1 aromatic rings. The van der Waals surface area contributed by atoms with Crippen molar-refractivity contribution in [3.05, 3.63) is 11.9 Å². The molecular formula is C10H18N4O. The number of nitrogens with one attached hydrogen (secondary N) is 1. The van der Waals surface area contributed by atoms with Crippen LogP contribution in [0.5, 0.6) is 0 Å². The summed E-state index contributed by atoms with van der Waals surface area (Å²) < 4.78 is 1.81. The lowest BCUT2D eigenvalue weighted by Crippen LogP contribution is -2.34. The van der Waals surface area contributed by atoms with Crippen molar-refractivity contribution in [2.75, 3.05) is 6.54 Å². The standard InChI is InChI=1S/C10H18N4O/c15-8-10-7-14(13-12-10)6-4-9-3-1-2-5-11-9/h7,9,11,15H,1-6,8H2. The van der Waals surface area contributed by atoms with Crippen LogP contribution in [-0.4, -0.2) is 32.7 Å². The van der Waals surface area contributed by atoms with Gasteiger partial charge in [0.2, 0.25) is 0 Å².